The van der Waals surface area contributed by atoms with Crippen molar-refractivity contribution >= 4 is 16.8 Å². The van der Waals surface area contributed by atoms with E-state index in [0.717, 1.165) is 48.2 Å². The molecule has 1 atom stereocenters. The number of pyridine rings is 1. The predicted molar refractivity (Wildman–Crippen MR) is 93.6 cm³/mol. The molecule has 4 rings (SSSR count). The van der Waals surface area contributed by atoms with Crippen LogP contribution in [0.2, 0.25) is 0 Å². The molecular formula is C20H20N3O+. The third-order valence-corrected chi connectivity index (χ3v) is 4.76. The molecule has 3 aromatic rings. The summed E-state index contributed by atoms with van der Waals surface area (Å²) in [6, 6.07) is 18.2. The van der Waals surface area contributed by atoms with Crippen molar-refractivity contribution in [1.29, 1.82) is 0 Å². The van der Waals surface area contributed by atoms with Crippen LogP contribution in [0, 0.1) is 0 Å². The normalized spacial score (nSPS) is 16.8. The van der Waals surface area contributed by atoms with Crippen LogP contribution in [-0.2, 0) is 19.5 Å². The SMILES string of the molecule is NC(=O)c1c2c(nc3ccccc13)CC[NH+](Cc1ccccc1)C2. The van der Waals surface area contributed by atoms with Gasteiger partial charge in [-0.1, -0.05) is 48.5 Å². The van der Waals surface area contributed by atoms with Gasteiger partial charge >= 0.3 is 0 Å². The van der Waals surface area contributed by atoms with E-state index in [1.54, 1.807) is 0 Å². The lowest BCUT2D eigenvalue weighted by Gasteiger charge is -2.27. The second-order valence-electron chi connectivity index (χ2n) is 6.38. The number of rotatable bonds is 3. The van der Waals surface area contributed by atoms with Gasteiger partial charge in [-0.25, -0.2) is 0 Å². The quantitative estimate of drug-likeness (QED) is 0.768. The molecule has 0 aliphatic carbocycles. The fourth-order valence-electron chi connectivity index (χ4n) is 3.65. The van der Waals surface area contributed by atoms with Gasteiger partial charge in [0.15, 0.2) is 0 Å². The third-order valence-electron chi connectivity index (χ3n) is 4.76. The zero-order valence-electron chi connectivity index (χ0n) is 13.5. The number of primary amides is 1. The summed E-state index contributed by atoms with van der Waals surface area (Å²) in [6.07, 6.45) is 0.878. The van der Waals surface area contributed by atoms with Gasteiger partial charge in [0.2, 0.25) is 5.91 Å². The number of nitrogens with zero attached hydrogens (tertiary/aromatic N) is 1. The molecule has 1 aliphatic heterocycles. The van der Waals surface area contributed by atoms with Crippen LogP contribution in [0.4, 0.5) is 0 Å². The van der Waals surface area contributed by atoms with Crippen LogP contribution in [0.5, 0.6) is 0 Å². The minimum atomic E-state index is -0.356. The first-order valence-corrected chi connectivity index (χ1v) is 8.30. The van der Waals surface area contributed by atoms with E-state index in [1.165, 1.54) is 10.5 Å². The number of nitrogens with one attached hydrogen (secondary N) is 1. The Morgan fingerprint density at radius 3 is 2.62 bits per heavy atom. The first-order chi connectivity index (χ1) is 11.7. The number of carbonyl (C=O) groups is 1. The first-order valence-electron chi connectivity index (χ1n) is 8.30. The van der Waals surface area contributed by atoms with Crippen molar-refractivity contribution in [2.75, 3.05) is 6.54 Å². The number of carbonyl (C=O) groups excluding carboxylic acids is 1. The third kappa shape index (κ3) is 2.65. The summed E-state index contributed by atoms with van der Waals surface area (Å²) >= 11 is 0. The molecule has 120 valence electrons. The standard InChI is InChI=1S/C20H19N3O/c21-20(24)19-15-8-4-5-9-17(15)22-18-10-11-23(13-16(18)19)12-14-6-2-1-3-7-14/h1-9H,10-13H2,(H2,21,24)/p+1. The number of aromatic nitrogens is 1. The number of quaternary nitrogens is 1. The lowest BCUT2D eigenvalue weighted by Crippen LogP contribution is -3.10. The summed E-state index contributed by atoms with van der Waals surface area (Å²) in [7, 11) is 0. The summed E-state index contributed by atoms with van der Waals surface area (Å²) in [5.41, 5.74) is 10.6. The van der Waals surface area contributed by atoms with Crippen LogP contribution in [-0.4, -0.2) is 17.4 Å². The van der Waals surface area contributed by atoms with Crippen molar-refractivity contribution in [1.82, 2.24) is 4.98 Å². The van der Waals surface area contributed by atoms with E-state index in [1.807, 2.05) is 30.3 Å². The van der Waals surface area contributed by atoms with Crippen LogP contribution in [0.15, 0.2) is 54.6 Å². The lowest BCUT2D eigenvalue weighted by molar-refractivity contribution is -0.929. The van der Waals surface area contributed by atoms with Crippen LogP contribution in [0.1, 0.15) is 27.2 Å². The number of amides is 1. The van der Waals surface area contributed by atoms with Crippen molar-refractivity contribution in [3.8, 4) is 0 Å². The topological polar surface area (TPSA) is 60.4 Å². The molecule has 0 fully saturated rings. The van der Waals surface area contributed by atoms with E-state index in [4.69, 9.17) is 10.7 Å². The molecule has 1 aliphatic rings. The number of nitrogens with two attached hydrogens (primary N) is 1. The summed E-state index contributed by atoms with van der Waals surface area (Å²) in [6.45, 7) is 2.76. The second-order valence-corrected chi connectivity index (χ2v) is 6.38. The Morgan fingerprint density at radius 2 is 1.83 bits per heavy atom. The highest BCUT2D eigenvalue weighted by Crippen LogP contribution is 2.24. The van der Waals surface area contributed by atoms with Crippen LogP contribution in [0.3, 0.4) is 0 Å². The Labute approximate surface area is 140 Å². The molecule has 0 spiro atoms. The summed E-state index contributed by atoms with van der Waals surface area (Å²) < 4.78 is 0. The van der Waals surface area contributed by atoms with E-state index in [9.17, 15) is 4.79 Å². The van der Waals surface area contributed by atoms with E-state index >= 15 is 0 Å². The van der Waals surface area contributed by atoms with Crippen LogP contribution in [0.25, 0.3) is 10.9 Å². The maximum absolute atomic E-state index is 12.1. The van der Waals surface area contributed by atoms with Crippen molar-refractivity contribution < 1.29 is 9.69 Å². The summed E-state index contributed by atoms with van der Waals surface area (Å²) in [4.78, 5) is 18.4. The van der Waals surface area contributed by atoms with Gasteiger partial charge in [0, 0.05) is 22.9 Å². The molecule has 0 bridgehead atoms. The molecule has 0 radical (unpaired) electrons. The van der Waals surface area contributed by atoms with E-state index in [2.05, 4.69) is 24.3 Å². The fraction of sp³-hybridized carbons (Fsp3) is 0.200. The minimum Gasteiger partial charge on any atom is -0.366 e. The zero-order chi connectivity index (χ0) is 16.5. The van der Waals surface area contributed by atoms with Crippen LogP contribution < -0.4 is 10.6 Å². The van der Waals surface area contributed by atoms with Gasteiger partial charge in [0.25, 0.3) is 0 Å². The summed E-state index contributed by atoms with van der Waals surface area (Å²) in [5.74, 6) is -0.356. The fourth-order valence-corrected chi connectivity index (χ4v) is 3.65. The van der Waals surface area contributed by atoms with Crippen molar-refractivity contribution in [3.63, 3.8) is 0 Å². The molecule has 4 nitrogen and oxygen atoms in total. The average Bonchev–Trinajstić information content (AvgIpc) is 2.60. The Balaban J connectivity index is 1.74. The predicted octanol–water partition coefficient (Wildman–Crippen LogP) is 1.47. The van der Waals surface area contributed by atoms with Gasteiger partial charge in [-0.05, 0) is 6.07 Å². The van der Waals surface area contributed by atoms with Gasteiger partial charge < -0.3 is 10.6 Å². The molecule has 24 heavy (non-hydrogen) atoms. The van der Waals surface area contributed by atoms with Gasteiger partial charge in [0.05, 0.1) is 23.3 Å². The molecule has 1 aromatic heterocycles. The highest BCUT2D eigenvalue weighted by molar-refractivity contribution is 6.06. The van der Waals surface area contributed by atoms with Crippen molar-refractivity contribution in [2.24, 2.45) is 5.73 Å². The summed E-state index contributed by atoms with van der Waals surface area (Å²) in [5, 5.41) is 0.865. The molecule has 2 heterocycles. The average molecular weight is 318 g/mol. The molecule has 1 amide bonds. The lowest BCUT2D eigenvalue weighted by atomic mass is 9.95. The molecule has 4 heteroatoms. The van der Waals surface area contributed by atoms with Gasteiger partial charge in [-0.15, -0.1) is 0 Å². The van der Waals surface area contributed by atoms with Crippen LogP contribution >= 0.6 is 0 Å². The molecular weight excluding hydrogens is 298 g/mol. The maximum atomic E-state index is 12.1. The highest BCUT2D eigenvalue weighted by Gasteiger charge is 2.27. The minimum absolute atomic E-state index is 0.356. The number of para-hydroxylation sites is 1. The maximum Gasteiger partial charge on any atom is 0.249 e. The van der Waals surface area contributed by atoms with Crippen molar-refractivity contribution in [3.05, 3.63) is 77.0 Å². The number of hydrogen-bond acceptors (Lipinski definition) is 2. The Bertz CT molecular complexity index is 905. The Morgan fingerprint density at radius 1 is 1.08 bits per heavy atom. The smallest absolute Gasteiger partial charge is 0.249 e. The molecule has 2 aromatic carbocycles. The molecule has 1 unspecified atom stereocenters. The highest BCUT2D eigenvalue weighted by atomic mass is 16.1. The molecule has 0 saturated carbocycles. The van der Waals surface area contributed by atoms with Gasteiger partial charge in [-0.2, -0.15) is 0 Å². The number of fused-ring (bicyclic) bond motifs is 2. The number of hydrogen-bond donors (Lipinski definition) is 2. The van der Waals surface area contributed by atoms with E-state index in [0.29, 0.717) is 5.56 Å². The molecule has 3 N–H and O–H groups in total. The van der Waals surface area contributed by atoms with Gasteiger partial charge in [0.1, 0.15) is 13.1 Å². The largest absolute Gasteiger partial charge is 0.366 e. The van der Waals surface area contributed by atoms with E-state index < -0.39 is 0 Å². The Kier molecular flexibility index (Phi) is 3.75. The zero-order valence-corrected chi connectivity index (χ0v) is 13.5. The Hall–Kier alpha value is -2.72. The van der Waals surface area contributed by atoms with Gasteiger partial charge in [-0.3, -0.25) is 9.78 Å². The van der Waals surface area contributed by atoms with E-state index in [-0.39, 0.29) is 5.91 Å². The molecule has 0 saturated heterocycles. The number of benzene rings is 2. The monoisotopic (exact) mass is 318 g/mol. The van der Waals surface area contributed by atoms with Crippen molar-refractivity contribution in [2.45, 2.75) is 19.5 Å². The first kappa shape index (κ1) is 14.8. The second kappa shape index (κ2) is 6.06.